The third kappa shape index (κ3) is 5.09. The highest BCUT2D eigenvalue weighted by molar-refractivity contribution is 5.26. The predicted molar refractivity (Wildman–Crippen MR) is 120 cm³/mol. The Morgan fingerprint density at radius 1 is 1.13 bits per heavy atom. The number of alkyl halides is 2. The van der Waals surface area contributed by atoms with Gasteiger partial charge in [-0.25, -0.2) is 8.78 Å². The van der Waals surface area contributed by atoms with Gasteiger partial charge in [-0.1, -0.05) is 37.1 Å². The minimum absolute atomic E-state index is 0.341. The molecule has 0 spiro atoms. The molecule has 0 aromatic carbocycles. The van der Waals surface area contributed by atoms with Gasteiger partial charge in [-0.15, -0.1) is 0 Å². The molecule has 3 aliphatic carbocycles. The van der Waals surface area contributed by atoms with Crippen LogP contribution in [0.4, 0.5) is 8.78 Å². The van der Waals surface area contributed by atoms with Gasteiger partial charge in [0.2, 0.25) is 6.43 Å². The smallest absolute Gasteiger partial charge is 0.243 e. The Morgan fingerprint density at radius 2 is 1.84 bits per heavy atom. The van der Waals surface area contributed by atoms with E-state index < -0.39 is 24.6 Å². The van der Waals surface area contributed by atoms with E-state index in [2.05, 4.69) is 30.9 Å². The van der Waals surface area contributed by atoms with Crippen LogP contribution in [0.2, 0.25) is 0 Å². The number of fused-ring (bicyclic) bond motifs is 1. The molecule has 4 rings (SSSR count). The molecule has 2 N–H and O–H groups in total. The summed E-state index contributed by atoms with van der Waals surface area (Å²) in [6.07, 6.45) is 10.7. The largest absolute Gasteiger partial charge is 0.393 e. The number of hydrogen-bond acceptors (Lipinski definition) is 3. The minimum Gasteiger partial charge on any atom is -0.393 e. The second-order valence-electron chi connectivity index (χ2n) is 11.2. The van der Waals surface area contributed by atoms with E-state index in [1.807, 2.05) is 0 Å². The van der Waals surface area contributed by atoms with E-state index in [4.69, 9.17) is 0 Å². The van der Waals surface area contributed by atoms with Crippen molar-refractivity contribution >= 4 is 0 Å². The highest BCUT2D eigenvalue weighted by Gasteiger charge is 2.50. The van der Waals surface area contributed by atoms with Crippen molar-refractivity contribution in [1.82, 2.24) is 4.90 Å². The zero-order valence-electron chi connectivity index (χ0n) is 19.3. The van der Waals surface area contributed by atoms with Crippen LogP contribution in [-0.2, 0) is 0 Å². The van der Waals surface area contributed by atoms with Gasteiger partial charge in [0.25, 0.3) is 0 Å². The number of allylic oxidation sites excluding steroid dienone is 3. The first kappa shape index (κ1) is 23.4. The van der Waals surface area contributed by atoms with Gasteiger partial charge in [0.1, 0.15) is 0 Å². The van der Waals surface area contributed by atoms with Crippen molar-refractivity contribution in [1.29, 1.82) is 0 Å². The number of nitrogens with zero attached hydrogens (tertiary/aromatic N) is 1. The molecule has 0 aromatic rings. The van der Waals surface area contributed by atoms with Gasteiger partial charge < -0.3 is 15.1 Å². The molecule has 3 nitrogen and oxygen atoms in total. The van der Waals surface area contributed by atoms with Crippen molar-refractivity contribution in [3.05, 3.63) is 23.3 Å². The standard InChI is InChI=1S/C26H41F2NO2/c1-17(9-11-29-15-20(16-29)25(27)28)23-7-8-24-19(4-3-10-26(23,24)2)6-5-18-12-21(30)14-22(31)13-18/h5-6,17,20-25,30-31H,3-4,7-16H2,1-2H3/b19-6+/t17?,21-,22-,23-,24+,26-/m1/s1. The Labute approximate surface area is 186 Å². The number of rotatable bonds is 6. The normalized spacial score (nSPS) is 39.6. The number of halogens is 2. The zero-order valence-corrected chi connectivity index (χ0v) is 19.3. The lowest BCUT2D eigenvalue weighted by molar-refractivity contribution is -0.0280. The fourth-order valence-electron chi connectivity index (χ4n) is 7.28. The minimum atomic E-state index is -2.16. The number of likely N-dealkylation sites (tertiary alicyclic amines) is 1. The van der Waals surface area contributed by atoms with Crippen LogP contribution in [0.5, 0.6) is 0 Å². The predicted octanol–water partition coefficient (Wildman–Crippen LogP) is 5.18. The molecule has 4 aliphatic rings. The van der Waals surface area contributed by atoms with E-state index in [9.17, 15) is 19.0 Å². The lowest BCUT2D eigenvalue weighted by Crippen LogP contribution is -2.50. The molecule has 176 valence electrons. The highest BCUT2D eigenvalue weighted by atomic mass is 19.3. The van der Waals surface area contributed by atoms with Gasteiger partial charge in [0, 0.05) is 19.0 Å². The van der Waals surface area contributed by atoms with E-state index in [1.165, 1.54) is 37.7 Å². The van der Waals surface area contributed by atoms with Gasteiger partial charge in [-0.3, -0.25) is 0 Å². The van der Waals surface area contributed by atoms with Gasteiger partial charge in [-0.05, 0) is 87.5 Å². The summed E-state index contributed by atoms with van der Waals surface area (Å²) < 4.78 is 25.5. The average molecular weight is 438 g/mol. The van der Waals surface area contributed by atoms with Gasteiger partial charge in [0.15, 0.2) is 0 Å². The maximum atomic E-state index is 12.7. The van der Waals surface area contributed by atoms with Crippen molar-refractivity contribution in [2.24, 2.45) is 29.1 Å². The lowest BCUT2D eigenvalue weighted by atomic mass is 9.61. The van der Waals surface area contributed by atoms with Crippen LogP contribution in [0.15, 0.2) is 23.3 Å². The van der Waals surface area contributed by atoms with E-state index in [-0.39, 0.29) is 0 Å². The molecule has 1 unspecified atom stereocenters. The molecular formula is C26H41F2NO2. The Kier molecular flexibility index (Phi) is 7.24. The number of aliphatic hydroxyl groups is 2. The number of hydrogen-bond donors (Lipinski definition) is 2. The molecule has 0 bridgehead atoms. The van der Waals surface area contributed by atoms with E-state index in [1.54, 1.807) is 5.57 Å². The third-order valence-electron chi connectivity index (χ3n) is 9.04. The first-order valence-corrected chi connectivity index (χ1v) is 12.5. The highest BCUT2D eigenvalue weighted by Crippen LogP contribution is 2.59. The Hall–Kier alpha value is -0.780. The number of aliphatic hydroxyl groups excluding tert-OH is 2. The maximum absolute atomic E-state index is 12.7. The Balaban J connectivity index is 1.36. The van der Waals surface area contributed by atoms with Crippen LogP contribution in [0.1, 0.15) is 71.6 Å². The van der Waals surface area contributed by atoms with Gasteiger partial charge >= 0.3 is 0 Å². The van der Waals surface area contributed by atoms with Crippen molar-refractivity contribution in [2.75, 3.05) is 19.6 Å². The fourth-order valence-corrected chi connectivity index (χ4v) is 7.28. The summed E-state index contributed by atoms with van der Waals surface area (Å²) in [6, 6.07) is 0. The molecule has 0 amide bonds. The van der Waals surface area contributed by atoms with Gasteiger partial charge in [-0.2, -0.15) is 0 Å². The summed E-state index contributed by atoms with van der Waals surface area (Å²) >= 11 is 0. The SMILES string of the molecule is CC(CCN1CC(C(F)F)C1)[C@H]1CC[C@H]2/C(=C/C=C3C[C@@H](O)C[C@H](O)C3)CCC[C@]12C. The van der Waals surface area contributed by atoms with Crippen LogP contribution in [0.25, 0.3) is 0 Å². The van der Waals surface area contributed by atoms with Gasteiger partial charge in [0.05, 0.1) is 12.2 Å². The summed E-state index contributed by atoms with van der Waals surface area (Å²) in [6.45, 7) is 6.98. The first-order chi connectivity index (χ1) is 14.8. The van der Waals surface area contributed by atoms with Crippen LogP contribution in [0, 0.1) is 29.1 Å². The Morgan fingerprint density at radius 3 is 2.52 bits per heavy atom. The molecule has 3 saturated carbocycles. The first-order valence-electron chi connectivity index (χ1n) is 12.5. The maximum Gasteiger partial charge on any atom is 0.243 e. The average Bonchev–Trinajstić information content (AvgIpc) is 3.01. The molecule has 0 radical (unpaired) electrons. The molecule has 31 heavy (non-hydrogen) atoms. The third-order valence-corrected chi connectivity index (χ3v) is 9.04. The van der Waals surface area contributed by atoms with Crippen LogP contribution in [-0.4, -0.2) is 53.4 Å². The molecule has 6 atom stereocenters. The molecule has 4 fully saturated rings. The van der Waals surface area contributed by atoms with Crippen LogP contribution in [0.3, 0.4) is 0 Å². The quantitative estimate of drug-likeness (QED) is 0.601. The van der Waals surface area contributed by atoms with E-state index in [0.717, 1.165) is 13.0 Å². The Bertz CT molecular complexity index is 675. The molecule has 1 saturated heterocycles. The fraction of sp³-hybridized carbons (Fsp3) is 0.846. The zero-order chi connectivity index (χ0) is 22.2. The molecular weight excluding hydrogens is 396 g/mol. The van der Waals surface area contributed by atoms with Crippen LogP contribution < -0.4 is 0 Å². The second kappa shape index (κ2) is 9.61. The van der Waals surface area contributed by atoms with Crippen molar-refractivity contribution in [3.63, 3.8) is 0 Å². The van der Waals surface area contributed by atoms with Crippen LogP contribution >= 0.6 is 0 Å². The van der Waals surface area contributed by atoms with Crippen molar-refractivity contribution < 1.29 is 19.0 Å². The summed E-state index contributed by atoms with van der Waals surface area (Å²) in [5.74, 6) is 1.56. The molecule has 1 aliphatic heterocycles. The molecule has 0 aromatic heterocycles. The van der Waals surface area contributed by atoms with E-state index in [0.29, 0.717) is 55.5 Å². The lowest BCUT2D eigenvalue weighted by Gasteiger charge is -2.45. The second-order valence-corrected chi connectivity index (χ2v) is 11.2. The molecule has 5 heteroatoms. The van der Waals surface area contributed by atoms with Crippen molar-refractivity contribution in [3.8, 4) is 0 Å². The molecule has 1 heterocycles. The summed E-state index contributed by atoms with van der Waals surface area (Å²) in [7, 11) is 0. The van der Waals surface area contributed by atoms with Crippen molar-refractivity contribution in [2.45, 2.75) is 90.3 Å². The summed E-state index contributed by atoms with van der Waals surface area (Å²) in [4.78, 5) is 2.20. The summed E-state index contributed by atoms with van der Waals surface area (Å²) in [5.41, 5.74) is 3.08. The summed E-state index contributed by atoms with van der Waals surface area (Å²) in [5, 5.41) is 19.9. The monoisotopic (exact) mass is 437 g/mol. The van der Waals surface area contributed by atoms with E-state index >= 15 is 0 Å². The topological polar surface area (TPSA) is 43.7 Å².